The fourth-order valence-corrected chi connectivity index (χ4v) is 4.09. The number of hydrogen-bond acceptors (Lipinski definition) is 6. The van der Waals surface area contributed by atoms with Crippen molar-refractivity contribution < 1.29 is 21.7 Å². The Morgan fingerprint density at radius 3 is 2.50 bits per heavy atom. The summed E-state index contributed by atoms with van der Waals surface area (Å²) in [5.41, 5.74) is 0.970. The molecular formula is C15H28N2O5SSi. The van der Waals surface area contributed by atoms with Crippen LogP contribution in [0.3, 0.4) is 0 Å². The molecule has 0 aromatic rings. The van der Waals surface area contributed by atoms with Crippen LogP contribution in [0.1, 0.15) is 27.7 Å². The molecule has 138 valence electrons. The maximum Gasteiger partial charge on any atom is 0.418 e. The maximum absolute atomic E-state index is 11.1. The van der Waals surface area contributed by atoms with Crippen LogP contribution in [0.25, 0.3) is 0 Å². The molecule has 0 unspecified atom stereocenters. The summed E-state index contributed by atoms with van der Waals surface area (Å²) in [4.78, 5) is 1.95. The lowest BCUT2D eigenvalue weighted by atomic mass is 10.0. The van der Waals surface area contributed by atoms with Gasteiger partial charge < -0.3 is 9.33 Å². The molecule has 9 heteroatoms. The van der Waals surface area contributed by atoms with Crippen molar-refractivity contribution in [1.82, 2.24) is 9.96 Å². The lowest BCUT2D eigenvalue weighted by Crippen LogP contribution is -2.46. The van der Waals surface area contributed by atoms with Crippen LogP contribution in [0.2, 0.25) is 18.1 Å². The van der Waals surface area contributed by atoms with Gasteiger partial charge in [0.1, 0.15) is 5.82 Å². The zero-order valence-corrected chi connectivity index (χ0v) is 17.1. The van der Waals surface area contributed by atoms with Crippen molar-refractivity contribution in [3.8, 4) is 0 Å². The Hall–Kier alpha value is -0.873. The topological polar surface area (TPSA) is 79.3 Å². The first-order valence-electron chi connectivity index (χ1n) is 7.97. The van der Waals surface area contributed by atoms with Gasteiger partial charge in [0, 0.05) is 6.54 Å². The lowest BCUT2D eigenvalue weighted by molar-refractivity contribution is -0.0361. The summed E-state index contributed by atoms with van der Waals surface area (Å²) in [6.45, 7) is 17.9. The molecule has 0 aliphatic carbocycles. The summed E-state index contributed by atoms with van der Waals surface area (Å²) >= 11 is 0. The van der Waals surface area contributed by atoms with Crippen LogP contribution in [0.5, 0.6) is 0 Å². The normalized spacial score (nSPS) is 25.3. The van der Waals surface area contributed by atoms with Gasteiger partial charge in [-0.1, -0.05) is 33.4 Å². The van der Waals surface area contributed by atoms with Crippen LogP contribution >= 0.6 is 0 Å². The Bertz CT molecular complexity index is 653. The van der Waals surface area contributed by atoms with Crippen LogP contribution in [-0.2, 0) is 19.1 Å². The van der Waals surface area contributed by atoms with Crippen molar-refractivity contribution >= 4 is 18.7 Å². The van der Waals surface area contributed by atoms with E-state index in [1.54, 1.807) is 0 Å². The number of fused-ring (bicyclic) bond motifs is 2. The summed E-state index contributed by atoms with van der Waals surface area (Å²) in [5, 5.41) is 1.28. The van der Waals surface area contributed by atoms with Crippen LogP contribution in [0.15, 0.2) is 24.0 Å². The van der Waals surface area contributed by atoms with Gasteiger partial charge in [-0.25, -0.2) is 5.06 Å². The zero-order valence-electron chi connectivity index (χ0n) is 15.2. The third-order valence-electron chi connectivity index (χ3n) is 5.22. The minimum atomic E-state index is -4.59. The predicted molar refractivity (Wildman–Crippen MR) is 94.8 cm³/mol. The van der Waals surface area contributed by atoms with Gasteiger partial charge in [-0.2, -0.15) is 8.42 Å². The van der Waals surface area contributed by atoms with E-state index in [2.05, 4.69) is 46.5 Å². The molecule has 24 heavy (non-hydrogen) atoms. The first-order valence-corrected chi connectivity index (χ1v) is 12.2. The molecule has 1 saturated heterocycles. The maximum atomic E-state index is 11.1. The highest BCUT2D eigenvalue weighted by atomic mass is 32.3. The number of hydroxylamine groups is 2. The number of hydrogen-bond donors (Lipinski definition) is 1. The zero-order chi connectivity index (χ0) is 18.5. The first kappa shape index (κ1) is 19.5. The monoisotopic (exact) mass is 376 g/mol. The smallest absolute Gasteiger partial charge is 0.414 e. The second-order valence-corrected chi connectivity index (χ2v) is 13.8. The van der Waals surface area contributed by atoms with E-state index in [9.17, 15) is 8.42 Å². The van der Waals surface area contributed by atoms with E-state index in [1.165, 1.54) is 0 Å². The van der Waals surface area contributed by atoms with E-state index in [-0.39, 0.29) is 17.1 Å². The molecule has 0 spiro atoms. The average molecular weight is 377 g/mol. The van der Waals surface area contributed by atoms with Gasteiger partial charge in [-0.15, -0.1) is 4.28 Å². The van der Waals surface area contributed by atoms with E-state index >= 15 is 0 Å². The average Bonchev–Trinajstić information content (AvgIpc) is 2.65. The third-order valence-corrected chi connectivity index (χ3v) is 10.1. The number of nitrogens with zero attached hydrogens (tertiary/aromatic N) is 2. The molecule has 0 amide bonds. The summed E-state index contributed by atoms with van der Waals surface area (Å²) in [7, 11) is -6.47. The Morgan fingerprint density at radius 2 is 2.00 bits per heavy atom. The fraction of sp³-hybridized carbons (Fsp3) is 0.733. The summed E-state index contributed by atoms with van der Waals surface area (Å²) in [6, 6.07) is -0.304. The Morgan fingerprint density at radius 1 is 1.42 bits per heavy atom. The molecule has 0 aromatic carbocycles. The molecule has 0 aromatic heterocycles. The Labute approximate surface area is 146 Å². The van der Waals surface area contributed by atoms with E-state index in [1.807, 2.05) is 11.8 Å². The van der Waals surface area contributed by atoms with Gasteiger partial charge in [0.05, 0.1) is 18.7 Å². The van der Waals surface area contributed by atoms with Gasteiger partial charge in [-0.3, -0.25) is 4.55 Å². The minimum Gasteiger partial charge on any atom is -0.414 e. The van der Waals surface area contributed by atoms with Gasteiger partial charge in [0.25, 0.3) is 0 Å². The predicted octanol–water partition coefficient (Wildman–Crippen LogP) is 2.53. The summed E-state index contributed by atoms with van der Waals surface area (Å²) < 4.78 is 42.1. The SMILES string of the molecule is C=C1N2C[C@H](C(C)=C[C@H]2CO[Si](C)(C)C(C)(C)C)N1OS(=O)(=O)O. The third kappa shape index (κ3) is 3.85. The molecule has 7 nitrogen and oxygen atoms in total. The Kier molecular flexibility index (Phi) is 4.97. The molecular weight excluding hydrogens is 348 g/mol. The molecule has 0 radical (unpaired) electrons. The van der Waals surface area contributed by atoms with E-state index in [0.717, 1.165) is 10.6 Å². The van der Waals surface area contributed by atoms with E-state index in [4.69, 9.17) is 13.3 Å². The van der Waals surface area contributed by atoms with E-state index < -0.39 is 18.7 Å². The highest BCUT2D eigenvalue weighted by Gasteiger charge is 2.44. The molecule has 2 atom stereocenters. The molecule has 2 rings (SSSR count). The highest BCUT2D eigenvalue weighted by Crippen LogP contribution is 2.39. The second kappa shape index (κ2) is 6.13. The van der Waals surface area contributed by atoms with Gasteiger partial charge in [0.15, 0.2) is 8.32 Å². The van der Waals surface area contributed by atoms with Crippen molar-refractivity contribution in [2.75, 3.05) is 13.2 Å². The van der Waals surface area contributed by atoms with Gasteiger partial charge in [-0.05, 0) is 30.6 Å². The largest absolute Gasteiger partial charge is 0.418 e. The summed E-state index contributed by atoms with van der Waals surface area (Å²) in [5.74, 6) is 0.412. The van der Waals surface area contributed by atoms with Crippen LogP contribution < -0.4 is 0 Å². The van der Waals surface area contributed by atoms with Crippen molar-refractivity contribution in [1.29, 1.82) is 0 Å². The van der Waals surface area contributed by atoms with Crippen molar-refractivity contribution in [2.24, 2.45) is 0 Å². The van der Waals surface area contributed by atoms with Crippen molar-refractivity contribution in [2.45, 2.75) is 57.9 Å². The molecule has 1 N–H and O–H groups in total. The van der Waals surface area contributed by atoms with Crippen LogP contribution in [0.4, 0.5) is 0 Å². The van der Waals surface area contributed by atoms with E-state index in [0.29, 0.717) is 19.0 Å². The highest BCUT2D eigenvalue weighted by molar-refractivity contribution is 7.80. The van der Waals surface area contributed by atoms with Crippen LogP contribution in [-0.4, -0.2) is 56.5 Å². The van der Waals surface area contributed by atoms with Gasteiger partial charge >= 0.3 is 10.4 Å². The first-order chi connectivity index (χ1) is 10.7. The molecule has 0 saturated carbocycles. The fourth-order valence-electron chi connectivity index (χ4n) is 2.68. The Balaban J connectivity index is 2.14. The minimum absolute atomic E-state index is 0.0297. The lowest BCUT2D eigenvalue weighted by Gasteiger charge is -2.39. The quantitative estimate of drug-likeness (QED) is 0.449. The molecule has 2 bridgehead atoms. The van der Waals surface area contributed by atoms with Gasteiger partial charge in [0.2, 0.25) is 0 Å². The molecule has 2 heterocycles. The number of rotatable bonds is 5. The van der Waals surface area contributed by atoms with Crippen molar-refractivity contribution in [3.63, 3.8) is 0 Å². The molecule has 1 fully saturated rings. The standard InChI is InChI=1S/C15H28N2O5SSi/c1-11-8-13(10-21-24(6,7)15(3,4)5)16-9-14(11)17(12(16)2)22-23(18,19)20/h8,13-14H,2,9-10H2,1,3-7H3,(H,18,19,20)/t13-,14+/m0/s1. The molecule has 2 aliphatic rings. The summed E-state index contributed by atoms with van der Waals surface area (Å²) in [6.07, 6.45) is 2.06. The van der Waals surface area contributed by atoms with Crippen LogP contribution in [0, 0.1) is 0 Å². The molecule has 2 aliphatic heterocycles. The van der Waals surface area contributed by atoms with Crippen molar-refractivity contribution in [3.05, 3.63) is 24.0 Å². The second-order valence-electron chi connectivity index (χ2n) is 7.96.